The topological polar surface area (TPSA) is 90.9 Å². The fourth-order valence-corrected chi connectivity index (χ4v) is 4.15. The molecule has 0 saturated carbocycles. The normalized spacial score (nSPS) is 11.2. The Hall–Kier alpha value is -3.85. The van der Waals surface area contributed by atoms with Crippen LogP contribution in [0.3, 0.4) is 0 Å². The van der Waals surface area contributed by atoms with Crippen LogP contribution in [0.25, 0.3) is 21.9 Å². The monoisotopic (exact) mass is 417 g/mol. The van der Waals surface area contributed by atoms with E-state index in [1.807, 2.05) is 48.7 Å². The van der Waals surface area contributed by atoms with E-state index in [9.17, 15) is 9.59 Å². The first-order chi connectivity index (χ1) is 14.6. The zero-order chi connectivity index (χ0) is 20.7. The number of carbonyl (C=O) groups is 1. The lowest BCUT2D eigenvalue weighted by Gasteiger charge is -2.06. The second kappa shape index (κ2) is 7.20. The third-order valence-electron chi connectivity index (χ3n) is 4.67. The van der Waals surface area contributed by atoms with Gasteiger partial charge in [-0.1, -0.05) is 30.3 Å². The highest BCUT2D eigenvalue weighted by atomic mass is 32.1. The Labute approximate surface area is 174 Å². The molecule has 0 spiro atoms. The summed E-state index contributed by atoms with van der Waals surface area (Å²) in [5, 5.41) is 6.17. The SMILES string of the molecule is Cc1csc2nc(COC(=O)c3cnn4c(-c5ccccc5)ccnc34)cc(=O)n12. The molecule has 0 unspecified atom stereocenters. The molecule has 1 aromatic carbocycles. The molecule has 8 nitrogen and oxygen atoms in total. The first-order valence-electron chi connectivity index (χ1n) is 9.14. The molecule has 0 atom stereocenters. The van der Waals surface area contributed by atoms with E-state index < -0.39 is 5.97 Å². The van der Waals surface area contributed by atoms with Gasteiger partial charge in [0.25, 0.3) is 5.56 Å². The third kappa shape index (κ3) is 3.05. The molecule has 0 fully saturated rings. The van der Waals surface area contributed by atoms with Gasteiger partial charge in [0.05, 0.1) is 17.6 Å². The van der Waals surface area contributed by atoms with Crippen LogP contribution >= 0.6 is 11.3 Å². The minimum atomic E-state index is -0.577. The van der Waals surface area contributed by atoms with Gasteiger partial charge in [-0.15, -0.1) is 11.3 Å². The number of fused-ring (bicyclic) bond motifs is 2. The lowest BCUT2D eigenvalue weighted by Crippen LogP contribution is -2.16. The first-order valence-corrected chi connectivity index (χ1v) is 10.0. The van der Waals surface area contributed by atoms with Gasteiger partial charge in [-0.3, -0.25) is 9.20 Å². The number of aryl methyl sites for hydroxylation is 1. The fraction of sp³-hybridized carbons (Fsp3) is 0.0952. The molecule has 5 rings (SSSR count). The Bertz CT molecular complexity index is 1450. The zero-order valence-electron chi connectivity index (χ0n) is 15.8. The summed E-state index contributed by atoms with van der Waals surface area (Å²) in [5.74, 6) is -0.577. The lowest BCUT2D eigenvalue weighted by molar-refractivity contribution is 0.0470. The van der Waals surface area contributed by atoms with Crippen LogP contribution in [0.15, 0.2) is 65.0 Å². The lowest BCUT2D eigenvalue weighted by atomic mass is 10.1. The molecule has 0 amide bonds. The molecule has 0 aliphatic carbocycles. The molecule has 4 aromatic heterocycles. The van der Waals surface area contributed by atoms with Crippen molar-refractivity contribution in [1.82, 2.24) is 24.0 Å². The van der Waals surface area contributed by atoms with Gasteiger partial charge in [-0.05, 0) is 13.0 Å². The van der Waals surface area contributed by atoms with Crippen LogP contribution in [0, 0.1) is 6.92 Å². The molecule has 0 bridgehead atoms. The van der Waals surface area contributed by atoms with Crippen LogP contribution in [0.2, 0.25) is 0 Å². The summed E-state index contributed by atoms with van der Waals surface area (Å²) in [5.41, 5.74) is 3.43. The first kappa shape index (κ1) is 18.2. The Balaban J connectivity index is 1.43. The van der Waals surface area contributed by atoms with E-state index in [1.54, 1.807) is 10.7 Å². The van der Waals surface area contributed by atoms with Crippen LogP contribution in [0.4, 0.5) is 0 Å². The van der Waals surface area contributed by atoms with Crippen molar-refractivity contribution < 1.29 is 9.53 Å². The Morgan fingerprint density at radius 1 is 1.20 bits per heavy atom. The van der Waals surface area contributed by atoms with E-state index in [1.165, 1.54) is 28.0 Å². The van der Waals surface area contributed by atoms with E-state index in [0.717, 1.165) is 17.0 Å². The van der Waals surface area contributed by atoms with Crippen molar-refractivity contribution >= 4 is 27.9 Å². The smallest absolute Gasteiger partial charge is 0.344 e. The molecule has 148 valence electrons. The molecule has 0 N–H and O–H groups in total. The van der Waals surface area contributed by atoms with E-state index in [4.69, 9.17) is 4.74 Å². The predicted molar refractivity (Wildman–Crippen MR) is 112 cm³/mol. The summed E-state index contributed by atoms with van der Waals surface area (Å²) in [4.78, 5) is 34.2. The number of benzene rings is 1. The van der Waals surface area contributed by atoms with Crippen molar-refractivity contribution in [2.24, 2.45) is 0 Å². The standard InChI is InChI=1S/C21H15N5O3S/c1-13-12-30-21-24-15(9-18(27)25(13)21)11-29-20(28)16-10-23-26-17(7-8-22-19(16)26)14-5-3-2-4-6-14/h2-10,12H,11H2,1H3. The van der Waals surface area contributed by atoms with Crippen molar-refractivity contribution in [3.05, 3.63) is 87.5 Å². The van der Waals surface area contributed by atoms with Gasteiger partial charge in [0, 0.05) is 28.9 Å². The van der Waals surface area contributed by atoms with Gasteiger partial charge in [0.15, 0.2) is 10.6 Å². The van der Waals surface area contributed by atoms with E-state index in [2.05, 4.69) is 15.1 Å². The number of rotatable bonds is 4. The second-order valence-electron chi connectivity index (χ2n) is 6.65. The average molecular weight is 417 g/mol. The predicted octanol–water partition coefficient (Wildman–Crippen LogP) is 3.13. The summed E-state index contributed by atoms with van der Waals surface area (Å²) in [6, 6.07) is 12.9. The minimum Gasteiger partial charge on any atom is -0.455 e. The second-order valence-corrected chi connectivity index (χ2v) is 7.48. The van der Waals surface area contributed by atoms with Crippen molar-refractivity contribution in [1.29, 1.82) is 0 Å². The van der Waals surface area contributed by atoms with Crippen molar-refractivity contribution in [2.45, 2.75) is 13.5 Å². The molecule has 0 radical (unpaired) electrons. The fourth-order valence-electron chi connectivity index (χ4n) is 3.26. The van der Waals surface area contributed by atoms with Gasteiger partial charge < -0.3 is 4.74 Å². The van der Waals surface area contributed by atoms with Gasteiger partial charge in [-0.2, -0.15) is 5.10 Å². The molecule has 0 aliphatic heterocycles. The molecule has 30 heavy (non-hydrogen) atoms. The number of esters is 1. The molecule has 5 aromatic rings. The summed E-state index contributed by atoms with van der Waals surface area (Å²) < 4.78 is 8.53. The number of ether oxygens (including phenoxy) is 1. The highest BCUT2D eigenvalue weighted by molar-refractivity contribution is 7.15. The van der Waals surface area contributed by atoms with Crippen molar-refractivity contribution in [3.8, 4) is 11.3 Å². The number of hydrogen-bond acceptors (Lipinski definition) is 7. The minimum absolute atomic E-state index is 0.114. The summed E-state index contributed by atoms with van der Waals surface area (Å²) >= 11 is 1.36. The quantitative estimate of drug-likeness (QED) is 0.417. The van der Waals surface area contributed by atoms with Crippen LogP contribution in [0.5, 0.6) is 0 Å². The van der Waals surface area contributed by atoms with E-state index in [-0.39, 0.29) is 17.7 Å². The summed E-state index contributed by atoms with van der Waals surface area (Å²) in [7, 11) is 0. The van der Waals surface area contributed by atoms with Crippen LogP contribution in [-0.4, -0.2) is 30.0 Å². The maximum absolute atomic E-state index is 12.7. The number of nitrogens with zero attached hydrogens (tertiary/aromatic N) is 5. The summed E-state index contributed by atoms with van der Waals surface area (Å²) in [6.45, 7) is 1.73. The number of carbonyl (C=O) groups excluding carboxylic acids is 1. The van der Waals surface area contributed by atoms with Crippen LogP contribution < -0.4 is 5.56 Å². The average Bonchev–Trinajstić information content (AvgIpc) is 3.36. The molecule has 4 heterocycles. The Kier molecular flexibility index (Phi) is 4.36. The Morgan fingerprint density at radius 3 is 2.87 bits per heavy atom. The third-order valence-corrected chi connectivity index (χ3v) is 5.61. The van der Waals surface area contributed by atoms with Crippen LogP contribution in [0.1, 0.15) is 21.7 Å². The van der Waals surface area contributed by atoms with Crippen LogP contribution in [-0.2, 0) is 11.3 Å². The van der Waals surface area contributed by atoms with E-state index >= 15 is 0 Å². The largest absolute Gasteiger partial charge is 0.455 e. The summed E-state index contributed by atoms with van der Waals surface area (Å²) in [6.07, 6.45) is 3.07. The maximum Gasteiger partial charge on any atom is 0.344 e. The van der Waals surface area contributed by atoms with Gasteiger partial charge >= 0.3 is 5.97 Å². The van der Waals surface area contributed by atoms with Crippen molar-refractivity contribution in [3.63, 3.8) is 0 Å². The number of hydrogen-bond donors (Lipinski definition) is 0. The van der Waals surface area contributed by atoms with Gasteiger partial charge in [-0.25, -0.2) is 19.3 Å². The Morgan fingerprint density at radius 2 is 2.03 bits per heavy atom. The maximum atomic E-state index is 12.7. The molecular formula is C21H15N5O3S. The zero-order valence-corrected chi connectivity index (χ0v) is 16.7. The molecule has 0 aliphatic rings. The molecular weight excluding hydrogens is 402 g/mol. The molecule has 9 heteroatoms. The number of thiazole rings is 1. The highest BCUT2D eigenvalue weighted by Crippen LogP contribution is 2.21. The molecule has 0 saturated heterocycles. The van der Waals surface area contributed by atoms with E-state index in [0.29, 0.717) is 16.3 Å². The highest BCUT2D eigenvalue weighted by Gasteiger charge is 2.18. The number of aromatic nitrogens is 5. The van der Waals surface area contributed by atoms with Gasteiger partial charge in [0.1, 0.15) is 12.2 Å². The van der Waals surface area contributed by atoms with Gasteiger partial charge in [0.2, 0.25) is 0 Å². The van der Waals surface area contributed by atoms with Crippen molar-refractivity contribution in [2.75, 3.05) is 0 Å².